The molecule has 14 heavy (non-hydrogen) atoms. The van der Waals surface area contributed by atoms with E-state index >= 15 is 0 Å². The van der Waals surface area contributed by atoms with Crippen LogP contribution in [0.3, 0.4) is 0 Å². The number of amides is 2. The molecule has 1 fully saturated rings. The Bertz CT molecular complexity index is 240. The lowest BCUT2D eigenvalue weighted by Gasteiger charge is -2.34. The molecule has 78 valence electrons. The number of hydrazine groups is 1. The lowest BCUT2D eigenvalue weighted by molar-refractivity contribution is -0.156. The van der Waals surface area contributed by atoms with Crippen LogP contribution in [0.4, 0.5) is 4.79 Å². The zero-order chi connectivity index (χ0) is 9.97. The van der Waals surface area contributed by atoms with Crippen molar-refractivity contribution in [2.45, 2.75) is 18.9 Å². The number of carbonyl (C=O) groups excluding carboxylic acids is 1. The molecule has 0 aromatic rings. The number of likely N-dealkylation sites (tertiary alicyclic amines) is 1. The first kappa shape index (κ1) is 9.14. The van der Waals surface area contributed by atoms with E-state index in [0.717, 1.165) is 12.8 Å². The van der Waals surface area contributed by atoms with Crippen LogP contribution in [0.1, 0.15) is 12.8 Å². The maximum Gasteiger partial charge on any atom is 0.314 e. The highest BCUT2D eigenvalue weighted by Crippen LogP contribution is 2.16. The number of piperidine rings is 1. The quantitative estimate of drug-likeness (QED) is 0.609. The monoisotopic (exact) mass is 198 g/mol. The summed E-state index contributed by atoms with van der Waals surface area (Å²) in [5, 5.41) is 1.71. The van der Waals surface area contributed by atoms with Crippen molar-refractivity contribution >= 4 is 6.03 Å². The smallest absolute Gasteiger partial charge is 0.314 e. The van der Waals surface area contributed by atoms with Gasteiger partial charge in [-0.15, -0.1) is 0 Å². The molecule has 1 saturated heterocycles. The van der Waals surface area contributed by atoms with Gasteiger partial charge in [0.05, 0.1) is 12.2 Å². The van der Waals surface area contributed by atoms with Crippen molar-refractivity contribution in [3.8, 4) is 0 Å². The molecule has 0 spiro atoms. The number of nitrogens with zero attached hydrogens (tertiary/aromatic N) is 2. The topological polar surface area (TPSA) is 70.8 Å². The maximum atomic E-state index is 10.9. The second-order valence-electron chi connectivity index (χ2n) is 3.42. The Kier molecular flexibility index (Phi) is 2.45. The van der Waals surface area contributed by atoms with Crippen molar-refractivity contribution in [1.82, 2.24) is 15.5 Å². The molecule has 0 radical (unpaired) electrons. The lowest BCUT2D eigenvalue weighted by Crippen LogP contribution is -2.49. The second-order valence-corrected chi connectivity index (χ2v) is 3.42. The molecule has 0 aromatic heterocycles. The van der Waals surface area contributed by atoms with Crippen LogP contribution in [0.2, 0.25) is 0 Å². The van der Waals surface area contributed by atoms with E-state index in [1.54, 1.807) is 22.5 Å². The van der Waals surface area contributed by atoms with Crippen LogP contribution in [0.5, 0.6) is 0 Å². The molecule has 6 nitrogen and oxygen atoms in total. The van der Waals surface area contributed by atoms with E-state index in [1.165, 1.54) is 0 Å². The summed E-state index contributed by atoms with van der Waals surface area (Å²) in [4.78, 5) is 17.7. The third-order valence-corrected chi connectivity index (χ3v) is 2.55. The van der Waals surface area contributed by atoms with E-state index in [2.05, 4.69) is 5.43 Å². The molecular formula is C8H14N4O2. The Morgan fingerprint density at radius 3 is 2.71 bits per heavy atom. The van der Waals surface area contributed by atoms with Gasteiger partial charge in [0.25, 0.3) is 0 Å². The summed E-state index contributed by atoms with van der Waals surface area (Å²) in [5.41, 5.74) is 8.15. The standard InChI is InChI=1S/C8H14N4O2/c9-8(13)11-4-1-7(2-5-11)12-10-3-6-14-12/h3,6-7,10H,1-2,4-5H2,(H2,9,13). The van der Waals surface area contributed by atoms with Crippen molar-refractivity contribution in [3.63, 3.8) is 0 Å². The number of urea groups is 1. The Labute approximate surface area is 82.2 Å². The van der Waals surface area contributed by atoms with Gasteiger partial charge in [0.2, 0.25) is 0 Å². The third-order valence-electron chi connectivity index (χ3n) is 2.55. The molecule has 2 amide bonds. The van der Waals surface area contributed by atoms with Gasteiger partial charge in [0.15, 0.2) is 0 Å². The molecular weight excluding hydrogens is 184 g/mol. The van der Waals surface area contributed by atoms with Crippen molar-refractivity contribution in [2.24, 2.45) is 5.73 Å². The predicted octanol–water partition coefficient (Wildman–Crippen LogP) is -0.248. The van der Waals surface area contributed by atoms with Gasteiger partial charge in [-0.1, -0.05) is 5.17 Å². The molecule has 0 saturated carbocycles. The number of rotatable bonds is 1. The van der Waals surface area contributed by atoms with Gasteiger partial charge >= 0.3 is 6.03 Å². The predicted molar refractivity (Wildman–Crippen MR) is 49.4 cm³/mol. The average Bonchev–Trinajstić information content (AvgIpc) is 2.71. The molecule has 2 heterocycles. The minimum Gasteiger partial charge on any atom is -0.392 e. The molecule has 0 bridgehead atoms. The lowest BCUT2D eigenvalue weighted by atomic mass is 10.1. The molecule has 6 heteroatoms. The summed E-state index contributed by atoms with van der Waals surface area (Å²) in [6.45, 7) is 1.39. The number of hydrogen-bond acceptors (Lipinski definition) is 4. The zero-order valence-electron chi connectivity index (χ0n) is 7.85. The summed E-state index contributed by atoms with van der Waals surface area (Å²) in [6.07, 6.45) is 5.08. The summed E-state index contributed by atoms with van der Waals surface area (Å²) in [6, 6.07) is -0.0301. The van der Waals surface area contributed by atoms with Gasteiger partial charge in [0, 0.05) is 13.1 Å². The van der Waals surface area contributed by atoms with Crippen LogP contribution in [-0.4, -0.2) is 35.2 Å². The summed E-state index contributed by atoms with van der Waals surface area (Å²) in [7, 11) is 0. The Morgan fingerprint density at radius 1 is 1.50 bits per heavy atom. The molecule has 0 aliphatic carbocycles. The highest BCUT2D eigenvalue weighted by molar-refractivity contribution is 5.72. The molecule has 0 unspecified atom stereocenters. The first-order chi connectivity index (χ1) is 6.77. The van der Waals surface area contributed by atoms with Gasteiger partial charge in [-0.3, -0.25) is 5.43 Å². The first-order valence-electron chi connectivity index (χ1n) is 4.69. The SMILES string of the molecule is NC(=O)N1CCC(N2NC=CO2)CC1. The van der Waals surface area contributed by atoms with Crippen LogP contribution in [-0.2, 0) is 4.84 Å². The maximum absolute atomic E-state index is 10.9. The van der Waals surface area contributed by atoms with Gasteiger partial charge in [-0.25, -0.2) is 4.79 Å². The zero-order valence-corrected chi connectivity index (χ0v) is 7.85. The number of nitrogens with one attached hydrogen (secondary N) is 1. The van der Waals surface area contributed by atoms with Gasteiger partial charge in [-0.2, -0.15) is 0 Å². The fourth-order valence-corrected chi connectivity index (χ4v) is 1.74. The fraction of sp³-hybridized carbons (Fsp3) is 0.625. The number of hydroxylamine groups is 1. The van der Waals surface area contributed by atoms with Gasteiger partial charge in [-0.05, 0) is 12.8 Å². The normalized spacial score (nSPS) is 23.3. The highest BCUT2D eigenvalue weighted by atomic mass is 16.7. The fourth-order valence-electron chi connectivity index (χ4n) is 1.74. The van der Waals surface area contributed by atoms with E-state index < -0.39 is 0 Å². The highest BCUT2D eigenvalue weighted by Gasteiger charge is 2.27. The van der Waals surface area contributed by atoms with E-state index in [-0.39, 0.29) is 6.03 Å². The molecule has 2 rings (SSSR count). The summed E-state index contributed by atoms with van der Waals surface area (Å²) in [5.74, 6) is 0. The third kappa shape index (κ3) is 1.74. The van der Waals surface area contributed by atoms with Crippen LogP contribution < -0.4 is 11.2 Å². The van der Waals surface area contributed by atoms with Crippen LogP contribution in [0.15, 0.2) is 12.5 Å². The largest absolute Gasteiger partial charge is 0.392 e. The number of carbonyl (C=O) groups is 1. The van der Waals surface area contributed by atoms with Gasteiger partial charge in [0.1, 0.15) is 6.26 Å². The van der Waals surface area contributed by atoms with Gasteiger partial charge < -0.3 is 15.5 Å². The summed E-state index contributed by atoms with van der Waals surface area (Å²) < 4.78 is 0. The van der Waals surface area contributed by atoms with Crippen molar-refractivity contribution < 1.29 is 9.63 Å². The van der Waals surface area contributed by atoms with Crippen molar-refractivity contribution in [1.29, 1.82) is 0 Å². The van der Waals surface area contributed by atoms with E-state index in [0.29, 0.717) is 19.1 Å². The van der Waals surface area contributed by atoms with Crippen LogP contribution in [0, 0.1) is 0 Å². The molecule has 2 aliphatic heterocycles. The molecule has 2 aliphatic rings. The van der Waals surface area contributed by atoms with Crippen LogP contribution in [0.25, 0.3) is 0 Å². The summed E-state index contributed by atoms with van der Waals surface area (Å²) >= 11 is 0. The second kappa shape index (κ2) is 3.75. The number of primary amides is 1. The number of hydrogen-bond donors (Lipinski definition) is 2. The Hall–Kier alpha value is -1.43. The van der Waals surface area contributed by atoms with E-state index in [4.69, 9.17) is 10.6 Å². The van der Waals surface area contributed by atoms with Crippen molar-refractivity contribution in [2.75, 3.05) is 13.1 Å². The Balaban J connectivity index is 1.81. The number of nitrogens with two attached hydrogens (primary N) is 1. The average molecular weight is 198 g/mol. The molecule has 0 aromatic carbocycles. The first-order valence-corrected chi connectivity index (χ1v) is 4.69. The Morgan fingerprint density at radius 2 is 2.21 bits per heavy atom. The molecule has 3 N–H and O–H groups in total. The minimum absolute atomic E-state index is 0.306. The van der Waals surface area contributed by atoms with E-state index in [9.17, 15) is 4.79 Å². The van der Waals surface area contributed by atoms with Crippen molar-refractivity contribution in [3.05, 3.63) is 12.5 Å². The molecule has 0 atom stereocenters. The minimum atomic E-state index is -0.336. The van der Waals surface area contributed by atoms with Crippen LogP contribution >= 0.6 is 0 Å². The van der Waals surface area contributed by atoms with E-state index in [1.807, 2.05) is 0 Å².